The Bertz CT molecular complexity index is 883. The van der Waals surface area contributed by atoms with Crippen molar-refractivity contribution < 1.29 is 19.1 Å². The fraction of sp³-hybridized carbons (Fsp3) is 0.333. The summed E-state index contributed by atoms with van der Waals surface area (Å²) in [7, 11) is 3.09. The highest BCUT2D eigenvalue weighted by Crippen LogP contribution is 2.41. The molecule has 6 heteroatoms. The first-order valence-corrected chi connectivity index (χ1v) is 8.72. The first-order valence-electron chi connectivity index (χ1n) is 8.72. The lowest BCUT2D eigenvalue weighted by Crippen LogP contribution is -2.40. The average Bonchev–Trinajstić information content (AvgIpc) is 2.82. The van der Waals surface area contributed by atoms with Crippen LogP contribution in [-0.4, -0.2) is 32.6 Å². The van der Waals surface area contributed by atoms with E-state index in [1.807, 2.05) is 39.0 Å². The number of ether oxygens (including phenoxy) is 2. The van der Waals surface area contributed by atoms with E-state index in [4.69, 9.17) is 9.47 Å². The van der Waals surface area contributed by atoms with Gasteiger partial charge in [-0.05, 0) is 32.4 Å². The summed E-state index contributed by atoms with van der Waals surface area (Å²) in [4.78, 5) is 27.0. The molecule has 142 valence electrons. The molecule has 6 nitrogen and oxygen atoms in total. The molecule has 0 spiro atoms. The van der Waals surface area contributed by atoms with Gasteiger partial charge in [0, 0.05) is 29.6 Å². The Morgan fingerprint density at radius 2 is 1.70 bits per heavy atom. The van der Waals surface area contributed by atoms with Gasteiger partial charge in [0.15, 0.2) is 0 Å². The molecular formula is C21H24N2O4. The van der Waals surface area contributed by atoms with E-state index in [1.165, 1.54) is 0 Å². The zero-order chi connectivity index (χ0) is 19.8. The number of benzene rings is 2. The summed E-state index contributed by atoms with van der Waals surface area (Å²) >= 11 is 0. The Kier molecular flexibility index (Phi) is 4.83. The Labute approximate surface area is 159 Å². The van der Waals surface area contributed by atoms with Crippen LogP contribution in [0.3, 0.4) is 0 Å². The average molecular weight is 368 g/mol. The van der Waals surface area contributed by atoms with Crippen LogP contribution in [0.1, 0.15) is 25.0 Å². The van der Waals surface area contributed by atoms with Crippen LogP contribution in [0.4, 0.5) is 11.4 Å². The van der Waals surface area contributed by atoms with E-state index in [9.17, 15) is 9.59 Å². The molecule has 2 amide bonds. The molecule has 0 aliphatic carbocycles. The van der Waals surface area contributed by atoms with Crippen LogP contribution < -0.4 is 19.7 Å². The number of methoxy groups -OCH3 is 2. The second kappa shape index (κ2) is 6.95. The number of fused-ring (bicyclic) bond motifs is 1. The van der Waals surface area contributed by atoms with Crippen LogP contribution in [0.15, 0.2) is 36.4 Å². The third-order valence-corrected chi connectivity index (χ3v) is 4.83. The molecule has 2 aromatic carbocycles. The van der Waals surface area contributed by atoms with Crippen LogP contribution >= 0.6 is 0 Å². The number of nitrogens with one attached hydrogen (secondary N) is 1. The van der Waals surface area contributed by atoms with Gasteiger partial charge in [-0.2, -0.15) is 0 Å². The summed E-state index contributed by atoms with van der Waals surface area (Å²) in [5, 5.41) is 2.82. The van der Waals surface area contributed by atoms with E-state index < -0.39 is 5.41 Å². The van der Waals surface area contributed by atoms with Gasteiger partial charge < -0.3 is 19.7 Å². The molecule has 0 radical (unpaired) electrons. The summed E-state index contributed by atoms with van der Waals surface area (Å²) in [5.74, 6) is 0.775. The number of carbonyl (C=O) groups excluding carboxylic acids is 2. The number of anilines is 2. The van der Waals surface area contributed by atoms with Gasteiger partial charge in [-0.25, -0.2) is 0 Å². The normalized spacial score (nSPS) is 14.7. The van der Waals surface area contributed by atoms with Gasteiger partial charge in [0.05, 0.1) is 19.6 Å². The Morgan fingerprint density at radius 1 is 1.07 bits per heavy atom. The topological polar surface area (TPSA) is 67.9 Å². The molecule has 3 rings (SSSR count). The minimum Gasteiger partial charge on any atom is -0.497 e. The van der Waals surface area contributed by atoms with Crippen LogP contribution in [0.25, 0.3) is 0 Å². The molecule has 0 saturated carbocycles. The van der Waals surface area contributed by atoms with Crippen molar-refractivity contribution in [2.24, 2.45) is 0 Å². The number of aryl methyl sites for hydroxylation is 1. The van der Waals surface area contributed by atoms with Gasteiger partial charge in [0.25, 0.3) is 0 Å². The molecule has 0 saturated heterocycles. The zero-order valence-corrected chi connectivity index (χ0v) is 16.3. The van der Waals surface area contributed by atoms with E-state index in [0.29, 0.717) is 17.2 Å². The van der Waals surface area contributed by atoms with Crippen molar-refractivity contribution in [1.82, 2.24) is 0 Å². The van der Waals surface area contributed by atoms with Gasteiger partial charge in [-0.15, -0.1) is 0 Å². The maximum atomic E-state index is 12.9. The Morgan fingerprint density at radius 3 is 2.30 bits per heavy atom. The predicted octanol–water partition coefficient (Wildman–Crippen LogP) is 3.28. The van der Waals surface area contributed by atoms with E-state index in [-0.39, 0.29) is 18.4 Å². The van der Waals surface area contributed by atoms with Crippen molar-refractivity contribution in [3.63, 3.8) is 0 Å². The molecule has 0 atom stereocenters. The predicted molar refractivity (Wildman–Crippen MR) is 105 cm³/mol. The number of carbonyl (C=O) groups is 2. The number of hydrogen-bond donors (Lipinski definition) is 1. The van der Waals surface area contributed by atoms with Crippen LogP contribution in [0.5, 0.6) is 11.5 Å². The second-order valence-electron chi connectivity index (χ2n) is 7.19. The maximum absolute atomic E-state index is 12.9. The lowest BCUT2D eigenvalue weighted by molar-refractivity contribution is -0.124. The maximum Gasteiger partial charge on any atom is 0.244 e. The standard InChI is InChI=1S/C21H24N2O4/c1-13-6-7-18-17(8-13)21(2,3)20(25)23(18)12-19(24)22-14-9-15(26-4)11-16(10-14)27-5/h6-11H,12H2,1-5H3,(H,22,24). The Balaban J connectivity index is 1.82. The molecule has 0 fully saturated rings. The summed E-state index contributed by atoms with van der Waals surface area (Å²) in [6.07, 6.45) is 0. The third kappa shape index (κ3) is 3.47. The monoisotopic (exact) mass is 368 g/mol. The van der Waals surface area contributed by atoms with Crippen molar-refractivity contribution in [3.05, 3.63) is 47.5 Å². The minimum absolute atomic E-state index is 0.0577. The number of nitrogens with zero attached hydrogens (tertiary/aromatic N) is 1. The largest absolute Gasteiger partial charge is 0.497 e. The fourth-order valence-corrected chi connectivity index (χ4v) is 3.33. The number of hydrogen-bond acceptors (Lipinski definition) is 4. The molecule has 2 aromatic rings. The van der Waals surface area contributed by atoms with Crippen molar-refractivity contribution >= 4 is 23.2 Å². The van der Waals surface area contributed by atoms with Gasteiger partial charge in [-0.3, -0.25) is 9.59 Å². The molecule has 0 bridgehead atoms. The van der Waals surface area contributed by atoms with Crippen molar-refractivity contribution in [1.29, 1.82) is 0 Å². The lowest BCUT2D eigenvalue weighted by atomic mass is 9.85. The quantitative estimate of drug-likeness (QED) is 0.879. The van der Waals surface area contributed by atoms with Gasteiger partial charge in [0.1, 0.15) is 18.0 Å². The molecule has 27 heavy (non-hydrogen) atoms. The Hall–Kier alpha value is -3.02. The number of amides is 2. The first kappa shape index (κ1) is 18.8. The molecular weight excluding hydrogens is 344 g/mol. The first-order chi connectivity index (χ1) is 12.8. The molecule has 1 aliphatic rings. The third-order valence-electron chi connectivity index (χ3n) is 4.83. The van der Waals surface area contributed by atoms with Crippen molar-refractivity contribution in [2.45, 2.75) is 26.2 Å². The van der Waals surface area contributed by atoms with Crippen molar-refractivity contribution in [2.75, 3.05) is 31.0 Å². The SMILES string of the molecule is COc1cc(NC(=O)CN2C(=O)C(C)(C)c3cc(C)ccc32)cc(OC)c1. The second-order valence-corrected chi connectivity index (χ2v) is 7.19. The van der Waals surface area contributed by atoms with Gasteiger partial charge in [0.2, 0.25) is 11.8 Å². The van der Waals surface area contributed by atoms with E-state index in [0.717, 1.165) is 16.8 Å². The fourth-order valence-electron chi connectivity index (χ4n) is 3.33. The summed E-state index contributed by atoms with van der Waals surface area (Å²) < 4.78 is 10.4. The van der Waals surface area contributed by atoms with Crippen LogP contribution in [0.2, 0.25) is 0 Å². The summed E-state index contributed by atoms with van der Waals surface area (Å²) in [6.45, 7) is 5.71. The molecule has 0 aromatic heterocycles. The molecule has 0 unspecified atom stereocenters. The molecule has 1 heterocycles. The van der Waals surface area contributed by atoms with Crippen LogP contribution in [0, 0.1) is 6.92 Å². The van der Waals surface area contributed by atoms with E-state index >= 15 is 0 Å². The summed E-state index contributed by atoms with van der Waals surface area (Å²) in [6, 6.07) is 11.0. The zero-order valence-electron chi connectivity index (χ0n) is 16.3. The lowest BCUT2D eigenvalue weighted by Gasteiger charge is -2.20. The van der Waals surface area contributed by atoms with E-state index in [2.05, 4.69) is 5.32 Å². The summed E-state index contributed by atoms with van der Waals surface area (Å²) in [5.41, 5.74) is 2.72. The highest BCUT2D eigenvalue weighted by atomic mass is 16.5. The number of rotatable bonds is 5. The van der Waals surface area contributed by atoms with Gasteiger partial charge in [-0.1, -0.05) is 17.7 Å². The van der Waals surface area contributed by atoms with Crippen LogP contribution in [-0.2, 0) is 15.0 Å². The molecule has 1 aliphatic heterocycles. The van der Waals surface area contributed by atoms with Crippen molar-refractivity contribution in [3.8, 4) is 11.5 Å². The van der Waals surface area contributed by atoms with E-state index in [1.54, 1.807) is 37.3 Å². The highest BCUT2D eigenvalue weighted by Gasteiger charge is 2.44. The minimum atomic E-state index is -0.652. The smallest absolute Gasteiger partial charge is 0.244 e. The highest BCUT2D eigenvalue weighted by molar-refractivity contribution is 6.11. The molecule has 1 N–H and O–H groups in total. The van der Waals surface area contributed by atoms with Gasteiger partial charge >= 0.3 is 0 Å².